The zero-order valence-electron chi connectivity index (χ0n) is 29.5. The molecule has 0 aromatic carbocycles. The normalized spacial score (nSPS) is 12.2. The Morgan fingerprint density at radius 2 is 0.826 bits per heavy atom. The zero-order valence-corrected chi connectivity index (χ0v) is 29.5. The van der Waals surface area contributed by atoms with Crippen molar-refractivity contribution in [2.45, 2.75) is 180 Å². The Labute approximate surface area is 281 Å². The number of hydrogen-bond acceptors (Lipinski definition) is 7. The fourth-order valence-corrected chi connectivity index (χ4v) is 5.40. The lowest BCUT2D eigenvalue weighted by Crippen LogP contribution is -2.32. The Hall–Kier alpha value is -2.41. The van der Waals surface area contributed by atoms with E-state index in [1.165, 1.54) is 135 Å². The highest BCUT2D eigenvalue weighted by Gasteiger charge is 2.20. The molecule has 0 radical (unpaired) electrons. The molecule has 7 heteroatoms. The van der Waals surface area contributed by atoms with Gasteiger partial charge in [0.1, 0.15) is 6.61 Å². The van der Waals surface area contributed by atoms with Crippen LogP contribution < -0.4 is 0 Å². The maximum Gasteiger partial charge on any atom is 0.332 e. The summed E-state index contributed by atoms with van der Waals surface area (Å²) >= 11 is 0. The van der Waals surface area contributed by atoms with Crippen molar-refractivity contribution in [1.82, 2.24) is 0 Å². The molecule has 46 heavy (non-hydrogen) atoms. The number of hydrogen-bond donors (Lipinski definition) is 0. The van der Waals surface area contributed by atoms with Crippen LogP contribution in [-0.2, 0) is 33.3 Å². The number of esters is 3. The molecule has 0 amide bonds. The SMILES string of the molecule is C=CC(=O)OCC(COC(CCCCCCCCCCCCCCCCCCCCCCCCCC)OC(=O)C=C)OC(=O)C=C. The fraction of sp³-hybridized carbons (Fsp3) is 0.769. The maximum absolute atomic E-state index is 11.8. The molecule has 2 unspecified atom stereocenters. The lowest BCUT2D eigenvalue weighted by molar-refractivity contribution is -0.187. The number of carbonyl (C=O) groups is 3. The highest BCUT2D eigenvalue weighted by molar-refractivity contribution is 5.82. The molecule has 0 aliphatic heterocycles. The summed E-state index contributed by atoms with van der Waals surface area (Å²) in [6.07, 6.45) is 34.0. The van der Waals surface area contributed by atoms with E-state index >= 15 is 0 Å². The summed E-state index contributed by atoms with van der Waals surface area (Å²) in [7, 11) is 0. The van der Waals surface area contributed by atoms with Crippen molar-refractivity contribution in [3.63, 3.8) is 0 Å². The predicted octanol–water partition coefficient (Wildman–Crippen LogP) is 10.7. The average molecular weight is 649 g/mol. The molecule has 0 aliphatic carbocycles. The van der Waals surface area contributed by atoms with Crippen LogP contribution in [0.4, 0.5) is 0 Å². The first kappa shape index (κ1) is 43.6. The van der Waals surface area contributed by atoms with Crippen LogP contribution in [0.25, 0.3) is 0 Å². The van der Waals surface area contributed by atoms with Crippen LogP contribution in [0.15, 0.2) is 38.0 Å². The lowest BCUT2D eigenvalue weighted by atomic mass is 10.0. The number of carbonyl (C=O) groups excluding carboxylic acids is 3. The second-order valence-corrected chi connectivity index (χ2v) is 12.4. The van der Waals surface area contributed by atoms with Gasteiger partial charge in [-0.25, -0.2) is 14.4 Å². The molecular formula is C39H68O7. The third-order valence-electron chi connectivity index (χ3n) is 8.20. The van der Waals surface area contributed by atoms with Crippen molar-refractivity contribution in [2.24, 2.45) is 0 Å². The third-order valence-corrected chi connectivity index (χ3v) is 8.20. The predicted molar refractivity (Wildman–Crippen MR) is 188 cm³/mol. The number of unbranched alkanes of at least 4 members (excludes halogenated alkanes) is 23. The van der Waals surface area contributed by atoms with Gasteiger partial charge >= 0.3 is 17.9 Å². The van der Waals surface area contributed by atoms with E-state index in [-0.39, 0.29) is 13.2 Å². The monoisotopic (exact) mass is 648 g/mol. The van der Waals surface area contributed by atoms with Crippen LogP contribution in [0.3, 0.4) is 0 Å². The first-order valence-corrected chi connectivity index (χ1v) is 18.5. The average Bonchev–Trinajstić information content (AvgIpc) is 3.07. The van der Waals surface area contributed by atoms with E-state index in [4.69, 9.17) is 18.9 Å². The highest BCUT2D eigenvalue weighted by atomic mass is 16.7. The van der Waals surface area contributed by atoms with Crippen molar-refractivity contribution >= 4 is 17.9 Å². The smallest absolute Gasteiger partial charge is 0.332 e. The van der Waals surface area contributed by atoms with E-state index in [1.54, 1.807) is 0 Å². The summed E-state index contributed by atoms with van der Waals surface area (Å²) in [6.45, 7) is 12.1. The molecule has 0 saturated carbocycles. The molecule has 0 bridgehead atoms. The molecule has 0 aromatic rings. The maximum atomic E-state index is 11.8. The van der Waals surface area contributed by atoms with E-state index in [9.17, 15) is 14.4 Å². The molecule has 0 saturated heterocycles. The van der Waals surface area contributed by atoms with Crippen LogP contribution >= 0.6 is 0 Å². The highest BCUT2D eigenvalue weighted by Crippen LogP contribution is 2.17. The largest absolute Gasteiger partial charge is 0.458 e. The lowest BCUT2D eigenvalue weighted by Gasteiger charge is -2.22. The summed E-state index contributed by atoms with van der Waals surface area (Å²) in [5, 5.41) is 0. The second-order valence-electron chi connectivity index (χ2n) is 12.4. The van der Waals surface area contributed by atoms with Crippen molar-refractivity contribution in [3.05, 3.63) is 38.0 Å². The van der Waals surface area contributed by atoms with E-state index in [2.05, 4.69) is 26.7 Å². The summed E-state index contributed by atoms with van der Waals surface area (Å²) in [6, 6.07) is 0. The summed E-state index contributed by atoms with van der Waals surface area (Å²) in [4.78, 5) is 34.8. The zero-order chi connectivity index (χ0) is 33.9. The summed E-state index contributed by atoms with van der Waals surface area (Å²) in [5.74, 6) is -1.91. The van der Waals surface area contributed by atoms with Gasteiger partial charge in [-0.2, -0.15) is 0 Å². The van der Waals surface area contributed by atoms with Crippen molar-refractivity contribution in [3.8, 4) is 0 Å². The van der Waals surface area contributed by atoms with Gasteiger partial charge in [-0.15, -0.1) is 0 Å². The van der Waals surface area contributed by atoms with Gasteiger partial charge in [-0.05, 0) is 6.42 Å². The Morgan fingerprint density at radius 3 is 1.20 bits per heavy atom. The van der Waals surface area contributed by atoms with Crippen LogP contribution in [0.5, 0.6) is 0 Å². The van der Waals surface area contributed by atoms with Gasteiger partial charge in [0.2, 0.25) is 6.29 Å². The van der Waals surface area contributed by atoms with Gasteiger partial charge in [0, 0.05) is 24.6 Å². The van der Waals surface area contributed by atoms with E-state index in [0.29, 0.717) is 6.42 Å². The summed E-state index contributed by atoms with van der Waals surface area (Å²) < 4.78 is 21.2. The molecule has 0 heterocycles. The Kier molecular flexibility index (Phi) is 32.2. The van der Waals surface area contributed by atoms with Crippen LogP contribution in [-0.4, -0.2) is 43.5 Å². The van der Waals surface area contributed by atoms with Gasteiger partial charge in [0.05, 0.1) is 6.61 Å². The molecule has 0 fully saturated rings. The standard InChI is InChI=1S/C39H68O7/c1-5-9-10-11-12-13-14-15-16-17-18-19-20-21-22-23-24-25-26-27-28-29-30-31-32-39(46-38(42)8-4)44-34-35(45-37(41)7-3)33-43-36(40)6-2/h6-8,35,39H,2-5,9-34H2,1H3. The molecule has 0 N–H and O–H groups in total. The minimum Gasteiger partial charge on any atom is -0.458 e. The van der Waals surface area contributed by atoms with Crippen molar-refractivity contribution in [1.29, 1.82) is 0 Å². The quantitative estimate of drug-likeness (QED) is 0.0222. The van der Waals surface area contributed by atoms with E-state index in [1.807, 2.05) is 0 Å². The third kappa shape index (κ3) is 30.3. The Balaban J connectivity index is 3.80. The number of ether oxygens (including phenoxy) is 4. The van der Waals surface area contributed by atoms with Gasteiger partial charge in [0.25, 0.3) is 0 Å². The number of rotatable bonds is 35. The minimum absolute atomic E-state index is 0.113. The topological polar surface area (TPSA) is 88.1 Å². The van der Waals surface area contributed by atoms with E-state index in [0.717, 1.165) is 37.5 Å². The van der Waals surface area contributed by atoms with Crippen LogP contribution in [0.2, 0.25) is 0 Å². The second kappa shape index (κ2) is 33.9. The molecule has 266 valence electrons. The van der Waals surface area contributed by atoms with Gasteiger partial charge in [0.15, 0.2) is 6.10 Å². The first-order chi connectivity index (χ1) is 22.5. The molecule has 0 spiro atoms. The van der Waals surface area contributed by atoms with Crippen LogP contribution in [0.1, 0.15) is 167 Å². The first-order valence-electron chi connectivity index (χ1n) is 18.5. The molecule has 0 rings (SSSR count). The molecule has 0 aliphatic rings. The molecule has 7 nitrogen and oxygen atoms in total. The van der Waals surface area contributed by atoms with Gasteiger partial charge in [-0.1, -0.05) is 174 Å². The fourth-order valence-electron chi connectivity index (χ4n) is 5.40. The van der Waals surface area contributed by atoms with Crippen molar-refractivity contribution in [2.75, 3.05) is 13.2 Å². The van der Waals surface area contributed by atoms with Crippen molar-refractivity contribution < 1.29 is 33.3 Å². The molecule has 2 atom stereocenters. The Morgan fingerprint density at radius 1 is 0.478 bits per heavy atom. The molecule has 0 aromatic heterocycles. The van der Waals surface area contributed by atoms with Gasteiger partial charge < -0.3 is 18.9 Å². The van der Waals surface area contributed by atoms with Crippen LogP contribution in [0, 0.1) is 0 Å². The minimum atomic E-state index is -0.876. The van der Waals surface area contributed by atoms with E-state index < -0.39 is 30.3 Å². The molecular weight excluding hydrogens is 580 g/mol. The summed E-state index contributed by atoms with van der Waals surface area (Å²) in [5.41, 5.74) is 0. The Bertz CT molecular complexity index is 778. The van der Waals surface area contributed by atoms with Gasteiger partial charge in [-0.3, -0.25) is 0 Å².